The number of aromatic nitrogens is 2. The molecule has 4 heteroatoms. The monoisotopic (exact) mass is 228 g/mol. The summed E-state index contributed by atoms with van der Waals surface area (Å²) in [6.07, 6.45) is 2.61. The van der Waals surface area contributed by atoms with Crippen LogP contribution in [0.1, 0.15) is 21.9 Å². The van der Waals surface area contributed by atoms with Crippen molar-refractivity contribution in [3.8, 4) is 17.0 Å². The lowest BCUT2D eigenvalue weighted by Crippen LogP contribution is -2.03. The molecule has 0 unspecified atom stereocenters. The first-order chi connectivity index (χ1) is 8.31. The molecule has 4 nitrogen and oxygen atoms in total. The maximum atomic E-state index is 10.7. The second-order valence-electron chi connectivity index (χ2n) is 4.09. The fourth-order valence-corrected chi connectivity index (χ4v) is 2.27. The minimum Gasteiger partial charge on any atom is -0.497 e. The number of H-pyrrole nitrogens is 1. The van der Waals surface area contributed by atoms with Crippen molar-refractivity contribution in [1.29, 1.82) is 0 Å². The van der Waals surface area contributed by atoms with Gasteiger partial charge >= 0.3 is 0 Å². The van der Waals surface area contributed by atoms with Crippen molar-refractivity contribution in [3.63, 3.8) is 0 Å². The van der Waals surface area contributed by atoms with Gasteiger partial charge in [-0.05, 0) is 30.5 Å². The average molecular weight is 228 g/mol. The normalized spacial score (nSPS) is 12.8. The third-order valence-corrected chi connectivity index (χ3v) is 3.13. The number of hydrogen-bond donors (Lipinski definition) is 1. The molecule has 1 heterocycles. The Bertz CT molecular complexity index is 587. The van der Waals surface area contributed by atoms with E-state index in [4.69, 9.17) is 4.74 Å². The van der Waals surface area contributed by atoms with Crippen LogP contribution in [0.3, 0.4) is 0 Å². The van der Waals surface area contributed by atoms with E-state index in [2.05, 4.69) is 16.0 Å². The van der Waals surface area contributed by atoms with Gasteiger partial charge in [-0.3, -0.25) is 4.79 Å². The predicted molar refractivity (Wildman–Crippen MR) is 63.4 cm³/mol. The third kappa shape index (κ3) is 1.53. The number of rotatable bonds is 2. The Labute approximate surface area is 98.6 Å². The molecule has 1 aromatic carbocycles. The number of carbonyl (C=O) groups excluding carboxylic acids is 1. The molecule has 0 atom stereocenters. The number of aromatic amines is 1. The molecule has 0 fully saturated rings. The molecule has 17 heavy (non-hydrogen) atoms. The van der Waals surface area contributed by atoms with E-state index in [-0.39, 0.29) is 0 Å². The topological polar surface area (TPSA) is 55.0 Å². The van der Waals surface area contributed by atoms with E-state index in [1.807, 2.05) is 12.1 Å². The summed E-state index contributed by atoms with van der Waals surface area (Å²) in [5, 5.41) is 0. The van der Waals surface area contributed by atoms with Gasteiger partial charge in [0.25, 0.3) is 0 Å². The van der Waals surface area contributed by atoms with Gasteiger partial charge in [0.05, 0.1) is 12.8 Å². The quantitative estimate of drug-likeness (QED) is 0.800. The molecule has 1 aliphatic carbocycles. The predicted octanol–water partition coefficient (Wildman–Crippen LogP) is 2.00. The van der Waals surface area contributed by atoms with Crippen LogP contribution in [0.15, 0.2) is 18.2 Å². The average Bonchev–Trinajstić information content (AvgIpc) is 2.81. The van der Waals surface area contributed by atoms with Crippen molar-refractivity contribution in [2.24, 2.45) is 0 Å². The van der Waals surface area contributed by atoms with Gasteiger partial charge in [0, 0.05) is 11.3 Å². The maximum Gasteiger partial charge on any atom is 0.185 e. The van der Waals surface area contributed by atoms with E-state index in [9.17, 15) is 4.79 Å². The minimum atomic E-state index is 0.394. The Kier molecular flexibility index (Phi) is 2.21. The standard InChI is InChI=1S/C13H12N2O2/c1-17-9-4-2-8-3-5-11-13(10(8)6-9)15-12(7-16)14-11/h2,4,6-7H,3,5H2,1H3,(H,14,15). The molecule has 0 saturated carbocycles. The molecule has 0 bridgehead atoms. The Balaban J connectivity index is 2.19. The number of aryl methyl sites for hydroxylation is 2. The second kappa shape index (κ2) is 3.73. The van der Waals surface area contributed by atoms with E-state index in [1.165, 1.54) is 5.56 Å². The Morgan fingerprint density at radius 2 is 2.29 bits per heavy atom. The first-order valence-electron chi connectivity index (χ1n) is 5.53. The molecular formula is C13H12N2O2. The van der Waals surface area contributed by atoms with Crippen LogP contribution in [0.25, 0.3) is 11.3 Å². The highest BCUT2D eigenvalue weighted by Gasteiger charge is 2.20. The van der Waals surface area contributed by atoms with E-state index in [1.54, 1.807) is 7.11 Å². The summed E-state index contributed by atoms with van der Waals surface area (Å²) in [5.41, 5.74) is 4.23. The lowest BCUT2D eigenvalue weighted by Gasteiger charge is -2.15. The van der Waals surface area contributed by atoms with E-state index >= 15 is 0 Å². The van der Waals surface area contributed by atoms with Crippen molar-refractivity contribution in [2.75, 3.05) is 7.11 Å². The largest absolute Gasteiger partial charge is 0.497 e. The van der Waals surface area contributed by atoms with Crippen LogP contribution in [0, 0.1) is 0 Å². The second-order valence-corrected chi connectivity index (χ2v) is 4.09. The van der Waals surface area contributed by atoms with Crippen LogP contribution in [0.5, 0.6) is 5.75 Å². The molecule has 0 saturated heterocycles. The Hall–Kier alpha value is -2.10. The zero-order chi connectivity index (χ0) is 11.8. The highest BCUT2D eigenvalue weighted by atomic mass is 16.5. The lowest BCUT2D eigenvalue weighted by atomic mass is 9.92. The number of aldehydes is 1. The zero-order valence-electron chi connectivity index (χ0n) is 9.49. The molecule has 1 aromatic heterocycles. The summed E-state index contributed by atoms with van der Waals surface area (Å²) in [6.45, 7) is 0. The number of carbonyl (C=O) groups is 1. The number of hydrogen-bond acceptors (Lipinski definition) is 3. The summed E-state index contributed by atoms with van der Waals surface area (Å²) < 4.78 is 5.22. The number of fused-ring (bicyclic) bond motifs is 3. The Morgan fingerprint density at radius 1 is 1.41 bits per heavy atom. The lowest BCUT2D eigenvalue weighted by molar-refractivity contribution is 0.111. The number of nitrogens with one attached hydrogen (secondary N) is 1. The molecule has 1 N–H and O–H groups in total. The fourth-order valence-electron chi connectivity index (χ4n) is 2.27. The molecule has 86 valence electrons. The van der Waals surface area contributed by atoms with Crippen molar-refractivity contribution in [2.45, 2.75) is 12.8 Å². The van der Waals surface area contributed by atoms with Crippen LogP contribution in [0.4, 0.5) is 0 Å². The van der Waals surface area contributed by atoms with Gasteiger partial charge in [-0.25, -0.2) is 4.98 Å². The van der Waals surface area contributed by atoms with E-state index < -0.39 is 0 Å². The summed E-state index contributed by atoms with van der Waals surface area (Å²) in [4.78, 5) is 18.1. The van der Waals surface area contributed by atoms with Gasteiger partial charge in [0.1, 0.15) is 5.75 Å². The number of imidazole rings is 1. The van der Waals surface area contributed by atoms with Crippen LogP contribution >= 0.6 is 0 Å². The molecule has 2 aromatic rings. The third-order valence-electron chi connectivity index (χ3n) is 3.13. The van der Waals surface area contributed by atoms with Gasteiger partial charge in [0.2, 0.25) is 0 Å². The molecular weight excluding hydrogens is 216 g/mol. The number of benzene rings is 1. The van der Waals surface area contributed by atoms with Gasteiger partial charge in [-0.15, -0.1) is 0 Å². The summed E-state index contributed by atoms with van der Waals surface area (Å²) in [7, 11) is 1.65. The van der Waals surface area contributed by atoms with Gasteiger partial charge < -0.3 is 9.72 Å². The van der Waals surface area contributed by atoms with Crippen molar-refractivity contribution in [1.82, 2.24) is 9.97 Å². The van der Waals surface area contributed by atoms with Crippen LogP contribution < -0.4 is 4.74 Å². The summed E-state index contributed by atoms with van der Waals surface area (Å²) in [5.74, 6) is 1.21. The smallest absolute Gasteiger partial charge is 0.185 e. The first-order valence-corrected chi connectivity index (χ1v) is 5.53. The molecule has 0 radical (unpaired) electrons. The highest BCUT2D eigenvalue weighted by molar-refractivity contribution is 5.76. The summed E-state index contributed by atoms with van der Waals surface area (Å²) in [6, 6.07) is 5.99. The van der Waals surface area contributed by atoms with Crippen molar-refractivity contribution in [3.05, 3.63) is 35.3 Å². The van der Waals surface area contributed by atoms with Crippen molar-refractivity contribution < 1.29 is 9.53 Å². The van der Waals surface area contributed by atoms with E-state index in [0.29, 0.717) is 5.82 Å². The molecule has 0 amide bonds. The van der Waals surface area contributed by atoms with Crippen LogP contribution in [0.2, 0.25) is 0 Å². The SMILES string of the molecule is COc1ccc2c(c1)-c1nc(C=O)[nH]c1CC2. The van der Waals surface area contributed by atoms with Gasteiger partial charge in [-0.1, -0.05) is 6.07 Å². The van der Waals surface area contributed by atoms with Crippen molar-refractivity contribution >= 4 is 6.29 Å². The molecule has 1 aliphatic rings. The number of methoxy groups -OCH3 is 1. The van der Waals surface area contributed by atoms with Gasteiger partial charge in [0.15, 0.2) is 12.1 Å². The highest BCUT2D eigenvalue weighted by Crippen LogP contribution is 2.34. The molecule has 0 aliphatic heterocycles. The summed E-state index contributed by atoms with van der Waals surface area (Å²) >= 11 is 0. The number of ether oxygens (including phenoxy) is 1. The van der Waals surface area contributed by atoms with Crippen LogP contribution in [-0.2, 0) is 12.8 Å². The zero-order valence-corrected chi connectivity index (χ0v) is 9.49. The van der Waals surface area contributed by atoms with E-state index in [0.717, 1.165) is 41.8 Å². The van der Waals surface area contributed by atoms with Gasteiger partial charge in [-0.2, -0.15) is 0 Å². The number of nitrogens with zero attached hydrogens (tertiary/aromatic N) is 1. The Morgan fingerprint density at radius 3 is 3.06 bits per heavy atom. The first kappa shape index (κ1) is 10.1. The minimum absolute atomic E-state index is 0.394. The molecule has 3 rings (SSSR count). The molecule has 0 spiro atoms. The fraction of sp³-hybridized carbons (Fsp3) is 0.231. The van der Waals surface area contributed by atoms with Crippen LogP contribution in [-0.4, -0.2) is 23.4 Å². The maximum absolute atomic E-state index is 10.7.